The Kier molecular flexibility index (Phi) is 6.06. The van der Waals surface area contributed by atoms with Gasteiger partial charge in [-0.2, -0.15) is 0 Å². The molecular weight excluding hydrogens is 355 g/mol. The first kappa shape index (κ1) is 21.7. The molecule has 3 aliphatic carbocycles. The van der Waals surface area contributed by atoms with E-state index >= 15 is 0 Å². The van der Waals surface area contributed by atoms with Gasteiger partial charge in [-0.3, -0.25) is 0 Å². The van der Waals surface area contributed by atoms with Crippen molar-refractivity contribution in [1.82, 2.24) is 0 Å². The van der Waals surface area contributed by atoms with Crippen molar-refractivity contribution in [3.63, 3.8) is 0 Å². The first-order chi connectivity index (χ1) is 13.4. The predicted octanol–water partition coefficient (Wildman–Crippen LogP) is 8.64. The maximum Gasteiger partial charge on any atom is 0.103 e. The van der Waals surface area contributed by atoms with Crippen molar-refractivity contribution < 1.29 is 0 Å². The zero-order chi connectivity index (χ0) is 20.2. The van der Waals surface area contributed by atoms with Crippen molar-refractivity contribution in [1.29, 1.82) is 0 Å². The monoisotopic (exact) mass is 405 g/mol. The topological polar surface area (TPSA) is 0 Å². The van der Waals surface area contributed by atoms with Crippen LogP contribution in [-0.4, -0.2) is 24.1 Å². The van der Waals surface area contributed by atoms with Crippen LogP contribution in [0.15, 0.2) is 0 Å². The Balaban J connectivity index is 1.58. The van der Waals surface area contributed by atoms with E-state index in [0.29, 0.717) is 0 Å². The largest absolute Gasteiger partial charge is 0.103 e. The van der Waals surface area contributed by atoms with E-state index in [4.69, 9.17) is 0 Å². The van der Waals surface area contributed by atoms with E-state index in [1.54, 1.807) is 51.1 Å². The first-order valence-corrected chi connectivity index (χ1v) is 15.8. The van der Waals surface area contributed by atoms with Crippen LogP contribution in [0, 0.1) is 34.5 Å². The van der Waals surface area contributed by atoms with Crippen molar-refractivity contribution in [2.75, 3.05) is 12.8 Å². The summed E-state index contributed by atoms with van der Waals surface area (Å²) in [5, 5.41) is 0. The number of hydrogen-bond donors (Lipinski definition) is 0. The standard InChI is InChI=1S/C27H50P/c1-7-14-27(22-12-11-13-22)16-20(5)24(25(27)28(6)19-23(28)8-2)15-21-17-26(9-3,10-4)18-21/h20-25H,7-19H2,1-6H3/q+1. The van der Waals surface area contributed by atoms with Crippen LogP contribution >= 0.6 is 7.26 Å². The maximum atomic E-state index is 2.85. The molecule has 1 aliphatic heterocycles. The third-order valence-corrected chi connectivity index (χ3v) is 16.2. The van der Waals surface area contributed by atoms with Gasteiger partial charge in [0.2, 0.25) is 0 Å². The van der Waals surface area contributed by atoms with Gasteiger partial charge in [0.1, 0.15) is 5.66 Å². The Hall–Kier alpha value is 0.430. The molecule has 4 rings (SSSR count). The lowest BCUT2D eigenvalue weighted by Crippen LogP contribution is -2.44. The second-order valence-corrected chi connectivity index (χ2v) is 16.6. The fourth-order valence-corrected chi connectivity index (χ4v) is 15.4. The van der Waals surface area contributed by atoms with E-state index < -0.39 is 7.26 Å². The molecule has 1 heteroatoms. The molecular formula is C27H50P+. The summed E-state index contributed by atoms with van der Waals surface area (Å²) in [6, 6.07) is 0. The molecule has 4 aliphatic rings. The van der Waals surface area contributed by atoms with Crippen LogP contribution in [0.5, 0.6) is 0 Å². The quantitative estimate of drug-likeness (QED) is 0.337. The zero-order valence-corrected chi connectivity index (χ0v) is 21.0. The van der Waals surface area contributed by atoms with E-state index in [1.807, 2.05) is 0 Å². The molecule has 0 N–H and O–H groups in total. The van der Waals surface area contributed by atoms with Crippen LogP contribution in [0.4, 0.5) is 0 Å². The zero-order valence-electron chi connectivity index (χ0n) is 20.1. The highest BCUT2D eigenvalue weighted by Crippen LogP contribution is 2.87. The summed E-state index contributed by atoms with van der Waals surface area (Å²) in [6.45, 7) is 15.4. The molecule has 0 aromatic rings. The number of rotatable bonds is 9. The molecule has 0 bridgehead atoms. The molecule has 4 fully saturated rings. The van der Waals surface area contributed by atoms with Gasteiger partial charge in [-0.05, 0) is 80.5 Å². The molecule has 0 amide bonds. The van der Waals surface area contributed by atoms with Gasteiger partial charge in [0.25, 0.3) is 0 Å². The SMILES string of the molecule is CCCC1(C2CCC2)CC(C)C(CC2CC(CC)(CC)C2)C1[P+]1(C)CC1CC. The van der Waals surface area contributed by atoms with E-state index in [2.05, 4.69) is 41.3 Å². The molecule has 1 heterocycles. The van der Waals surface area contributed by atoms with Gasteiger partial charge in [-0.25, -0.2) is 0 Å². The van der Waals surface area contributed by atoms with E-state index in [-0.39, 0.29) is 0 Å². The average Bonchev–Trinajstić information content (AvgIpc) is 3.17. The fraction of sp³-hybridized carbons (Fsp3) is 1.00. The van der Waals surface area contributed by atoms with Gasteiger partial charge in [0, 0.05) is 19.3 Å². The van der Waals surface area contributed by atoms with Crippen molar-refractivity contribution >= 4 is 7.26 Å². The van der Waals surface area contributed by atoms with Crippen molar-refractivity contribution in [2.24, 2.45) is 34.5 Å². The highest BCUT2D eigenvalue weighted by atomic mass is 31.2. The summed E-state index contributed by atoms with van der Waals surface area (Å²) >= 11 is 0. The lowest BCUT2D eigenvalue weighted by molar-refractivity contribution is 0.0246. The van der Waals surface area contributed by atoms with Crippen molar-refractivity contribution in [3.8, 4) is 0 Å². The third kappa shape index (κ3) is 3.26. The molecule has 0 aromatic heterocycles. The van der Waals surface area contributed by atoms with Crippen LogP contribution in [0.1, 0.15) is 112 Å². The smallest absolute Gasteiger partial charge is 0.0654 e. The minimum Gasteiger partial charge on any atom is -0.0654 e. The Morgan fingerprint density at radius 2 is 1.64 bits per heavy atom. The van der Waals surface area contributed by atoms with E-state index in [9.17, 15) is 0 Å². The average molecular weight is 406 g/mol. The molecule has 3 saturated carbocycles. The lowest BCUT2D eigenvalue weighted by atomic mass is 9.57. The number of hydrogen-bond acceptors (Lipinski definition) is 0. The molecule has 0 radical (unpaired) electrons. The molecule has 0 spiro atoms. The first-order valence-electron chi connectivity index (χ1n) is 13.2. The summed E-state index contributed by atoms with van der Waals surface area (Å²) < 4.78 is 0. The van der Waals surface area contributed by atoms with Gasteiger partial charge >= 0.3 is 0 Å². The second-order valence-electron chi connectivity index (χ2n) is 12.2. The lowest BCUT2D eigenvalue weighted by Gasteiger charge is -2.50. The molecule has 1 saturated heterocycles. The van der Waals surface area contributed by atoms with Crippen LogP contribution in [0.25, 0.3) is 0 Å². The van der Waals surface area contributed by atoms with Gasteiger partial charge in [0.05, 0.1) is 11.8 Å². The third-order valence-electron chi connectivity index (χ3n) is 11.0. The van der Waals surface area contributed by atoms with Gasteiger partial charge in [-0.1, -0.05) is 60.3 Å². The fourth-order valence-electron chi connectivity index (χ4n) is 9.14. The summed E-state index contributed by atoms with van der Waals surface area (Å²) in [5.41, 5.74) is 3.80. The van der Waals surface area contributed by atoms with Crippen LogP contribution in [-0.2, 0) is 0 Å². The maximum absolute atomic E-state index is 2.85. The summed E-state index contributed by atoms with van der Waals surface area (Å²) in [5.74, 6) is 4.26. The highest BCUT2D eigenvalue weighted by Gasteiger charge is 2.73. The second kappa shape index (κ2) is 7.84. The Labute approximate surface area is 177 Å². The summed E-state index contributed by atoms with van der Waals surface area (Å²) in [6.07, 6.45) is 20.0. The normalized spacial score (nSPS) is 45.6. The van der Waals surface area contributed by atoms with Gasteiger partial charge in [0.15, 0.2) is 0 Å². The summed E-state index contributed by atoms with van der Waals surface area (Å²) in [7, 11) is -0.690. The predicted molar refractivity (Wildman–Crippen MR) is 128 cm³/mol. The molecule has 28 heavy (non-hydrogen) atoms. The van der Waals surface area contributed by atoms with Crippen molar-refractivity contribution in [3.05, 3.63) is 0 Å². The molecule has 6 atom stereocenters. The van der Waals surface area contributed by atoms with Crippen LogP contribution in [0.3, 0.4) is 0 Å². The summed E-state index contributed by atoms with van der Waals surface area (Å²) in [4.78, 5) is 0. The molecule has 6 unspecified atom stereocenters. The van der Waals surface area contributed by atoms with Gasteiger partial charge in [-0.15, -0.1) is 0 Å². The molecule has 0 aromatic carbocycles. The molecule has 162 valence electrons. The Morgan fingerprint density at radius 1 is 0.964 bits per heavy atom. The molecule has 0 nitrogen and oxygen atoms in total. The minimum absolute atomic E-state index is 0.690. The van der Waals surface area contributed by atoms with Crippen LogP contribution in [0.2, 0.25) is 0 Å². The Bertz CT molecular complexity index is 538. The minimum atomic E-state index is -0.690. The van der Waals surface area contributed by atoms with E-state index in [1.165, 1.54) is 32.1 Å². The highest BCUT2D eigenvalue weighted by molar-refractivity contribution is 7.83. The van der Waals surface area contributed by atoms with Crippen LogP contribution < -0.4 is 0 Å². The van der Waals surface area contributed by atoms with Crippen molar-refractivity contribution in [2.45, 2.75) is 123 Å². The van der Waals surface area contributed by atoms with Gasteiger partial charge < -0.3 is 0 Å². The van der Waals surface area contributed by atoms with E-state index in [0.717, 1.165) is 45.8 Å². The Morgan fingerprint density at radius 3 is 2.11 bits per heavy atom.